The fourth-order valence-corrected chi connectivity index (χ4v) is 4.05. The van der Waals surface area contributed by atoms with Gasteiger partial charge in [0, 0.05) is 5.02 Å². The summed E-state index contributed by atoms with van der Waals surface area (Å²) in [6.45, 7) is 0. The van der Waals surface area contributed by atoms with Gasteiger partial charge in [0.2, 0.25) is 0 Å². The molecule has 2 aliphatic rings. The molecule has 3 nitrogen and oxygen atoms in total. The maximum Gasteiger partial charge on any atom is 0.405 e. The fraction of sp³-hybridized carbons (Fsp3) is 0.316. The van der Waals surface area contributed by atoms with Crippen molar-refractivity contribution in [3.8, 4) is 11.1 Å². The number of hydrogen-bond acceptors (Lipinski definition) is 1. The molecule has 1 spiro atoms. The van der Waals surface area contributed by atoms with Gasteiger partial charge in [0.05, 0.1) is 6.04 Å². The van der Waals surface area contributed by atoms with Crippen molar-refractivity contribution in [2.45, 2.75) is 31.7 Å². The van der Waals surface area contributed by atoms with Crippen molar-refractivity contribution in [1.29, 1.82) is 0 Å². The molecule has 1 atom stereocenters. The first-order valence-corrected chi connectivity index (χ1v) is 8.33. The standard InChI is InChI=1S/C19H18ClNO2/c20-15-3-1-2-12(11-15)13-4-5-16-14(10-13)6-7-19(8-9-19)17(16)21-18(22)23/h1-5,10-11,17,21H,6-9H2,(H,22,23). The molecule has 118 valence electrons. The minimum atomic E-state index is -0.937. The van der Waals surface area contributed by atoms with Crippen LogP contribution in [0.5, 0.6) is 0 Å². The summed E-state index contributed by atoms with van der Waals surface area (Å²) >= 11 is 6.09. The van der Waals surface area contributed by atoms with Gasteiger partial charge in [0.1, 0.15) is 0 Å². The lowest BCUT2D eigenvalue weighted by atomic mass is 9.76. The van der Waals surface area contributed by atoms with Gasteiger partial charge >= 0.3 is 6.09 Å². The van der Waals surface area contributed by atoms with Crippen LogP contribution in [0.25, 0.3) is 11.1 Å². The van der Waals surface area contributed by atoms with E-state index in [4.69, 9.17) is 11.6 Å². The summed E-state index contributed by atoms with van der Waals surface area (Å²) in [4.78, 5) is 11.2. The largest absolute Gasteiger partial charge is 0.465 e. The highest BCUT2D eigenvalue weighted by Crippen LogP contribution is 2.60. The Morgan fingerprint density at radius 1 is 1.13 bits per heavy atom. The number of nitrogens with one attached hydrogen (secondary N) is 1. The van der Waals surface area contributed by atoms with Crippen molar-refractivity contribution < 1.29 is 9.90 Å². The molecule has 0 bridgehead atoms. The topological polar surface area (TPSA) is 49.3 Å². The second-order valence-corrected chi connectivity index (χ2v) is 7.11. The lowest BCUT2D eigenvalue weighted by Crippen LogP contribution is -2.36. The van der Waals surface area contributed by atoms with Gasteiger partial charge in [-0.3, -0.25) is 0 Å². The second-order valence-electron chi connectivity index (χ2n) is 6.67. The van der Waals surface area contributed by atoms with E-state index in [1.807, 2.05) is 24.3 Å². The van der Waals surface area contributed by atoms with Gasteiger partial charge in [0.15, 0.2) is 0 Å². The van der Waals surface area contributed by atoms with E-state index in [0.29, 0.717) is 0 Å². The number of carboxylic acid groups (broad SMARTS) is 1. The average molecular weight is 328 g/mol. The van der Waals surface area contributed by atoms with Crippen LogP contribution in [0.2, 0.25) is 5.02 Å². The van der Waals surface area contributed by atoms with Gasteiger partial charge in [-0.05, 0) is 65.5 Å². The molecule has 23 heavy (non-hydrogen) atoms. The molecule has 1 saturated carbocycles. The summed E-state index contributed by atoms with van der Waals surface area (Å²) in [5.74, 6) is 0. The van der Waals surface area contributed by atoms with Crippen molar-refractivity contribution in [2.24, 2.45) is 5.41 Å². The van der Waals surface area contributed by atoms with E-state index in [1.165, 1.54) is 5.56 Å². The summed E-state index contributed by atoms with van der Waals surface area (Å²) in [7, 11) is 0. The van der Waals surface area contributed by atoms with Gasteiger partial charge in [-0.1, -0.05) is 41.9 Å². The monoisotopic (exact) mass is 327 g/mol. The summed E-state index contributed by atoms with van der Waals surface area (Å²) < 4.78 is 0. The van der Waals surface area contributed by atoms with E-state index in [2.05, 4.69) is 23.5 Å². The van der Waals surface area contributed by atoms with Crippen molar-refractivity contribution in [2.75, 3.05) is 0 Å². The van der Waals surface area contributed by atoms with Gasteiger partial charge < -0.3 is 10.4 Å². The molecule has 0 aliphatic heterocycles. The molecule has 2 aromatic carbocycles. The Morgan fingerprint density at radius 3 is 2.61 bits per heavy atom. The zero-order valence-corrected chi connectivity index (χ0v) is 13.4. The van der Waals surface area contributed by atoms with Crippen LogP contribution in [0.1, 0.15) is 36.4 Å². The lowest BCUT2D eigenvalue weighted by Gasteiger charge is -2.34. The van der Waals surface area contributed by atoms with E-state index in [-0.39, 0.29) is 11.5 Å². The first-order valence-electron chi connectivity index (χ1n) is 7.96. The summed E-state index contributed by atoms with van der Waals surface area (Å²) in [5, 5.41) is 12.7. The maximum atomic E-state index is 11.2. The van der Waals surface area contributed by atoms with Crippen LogP contribution in [0.15, 0.2) is 42.5 Å². The molecule has 2 aromatic rings. The third kappa shape index (κ3) is 2.59. The Labute approximate surface area is 140 Å². The Kier molecular flexibility index (Phi) is 3.34. The van der Waals surface area contributed by atoms with Crippen LogP contribution >= 0.6 is 11.6 Å². The summed E-state index contributed by atoms with van der Waals surface area (Å²) in [5.41, 5.74) is 4.77. The molecule has 1 unspecified atom stereocenters. The molecule has 0 saturated heterocycles. The van der Waals surface area contributed by atoms with E-state index in [1.54, 1.807) is 0 Å². The van der Waals surface area contributed by atoms with E-state index >= 15 is 0 Å². The molecule has 1 fully saturated rings. The smallest absolute Gasteiger partial charge is 0.405 e. The minimum Gasteiger partial charge on any atom is -0.465 e. The van der Waals surface area contributed by atoms with Gasteiger partial charge in [-0.2, -0.15) is 0 Å². The first kappa shape index (κ1) is 14.6. The predicted molar refractivity (Wildman–Crippen MR) is 90.8 cm³/mol. The number of benzene rings is 2. The van der Waals surface area contributed by atoms with Crippen molar-refractivity contribution >= 4 is 17.7 Å². The molecule has 4 rings (SSSR count). The molecule has 0 aromatic heterocycles. The molecular formula is C19H18ClNO2. The highest BCUT2D eigenvalue weighted by Gasteiger charge is 2.52. The highest BCUT2D eigenvalue weighted by molar-refractivity contribution is 6.30. The number of halogens is 1. The molecular weight excluding hydrogens is 310 g/mol. The molecule has 4 heteroatoms. The summed E-state index contributed by atoms with van der Waals surface area (Å²) in [6.07, 6.45) is 3.37. The number of aryl methyl sites for hydroxylation is 1. The maximum absolute atomic E-state index is 11.2. The SMILES string of the molecule is O=C(O)NC1c2ccc(-c3cccc(Cl)c3)cc2CCC12CC2. The second kappa shape index (κ2) is 5.27. The van der Waals surface area contributed by atoms with Crippen LogP contribution in [-0.4, -0.2) is 11.2 Å². The Morgan fingerprint density at radius 2 is 1.91 bits per heavy atom. The molecule has 2 aliphatic carbocycles. The van der Waals surface area contributed by atoms with Crippen molar-refractivity contribution in [3.63, 3.8) is 0 Å². The van der Waals surface area contributed by atoms with E-state index < -0.39 is 6.09 Å². The minimum absolute atomic E-state index is 0.0721. The summed E-state index contributed by atoms with van der Waals surface area (Å²) in [6, 6.07) is 14.1. The zero-order valence-electron chi connectivity index (χ0n) is 12.7. The van der Waals surface area contributed by atoms with Crippen LogP contribution in [0.3, 0.4) is 0 Å². The van der Waals surface area contributed by atoms with Gasteiger partial charge in [-0.25, -0.2) is 4.79 Å². The third-order valence-electron chi connectivity index (χ3n) is 5.28. The number of rotatable bonds is 2. The number of fused-ring (bicyclic) bond motifs is 1. The van der Waals surface area contributed by atoms with Gasteiger partial charge in [0.25, 0.3) is 0 Å². The zero-order chi connectivity index (χ0) is 16.0. The lowest BCUT2D eigenvalue weighted by molar-refractivity contribution is 0.178. The normalized spacial score (nSPS) is 20.8. The number of hydrogen-bond donors (Lipinski definition) is 2. The number of carbonyl (C=O) groups is 1. The number of amides is 1. The third-order valence-corrected chi connectivity index (χ3v) is 5.51. The van der Waals surface area contributed by atoms with Gasteiger partial charge in [-0.15, -0.1) is 0 Å². The van der Waals surface area contributed by atoms with E-state index in [9.17, 15) is 9.90 Å². The Bertz CT molecular complexity index is 783. The van der Waals surface area contributed by atoms with Crippen molar-refractivity contribution in [3.05, 3.63) is 58.6 Å². The van der Waals surface area contributed by atoms with E-state index in [0.717, 1.165) is 47.4 Å². The van der Waals surface area contributed by atoms with Crippen LogP contribution < -0.4 is 5.32 Å². The molecule has 1 amide bonds. The van der Waals surface area contributed by atoms with Crippen LogP contribution in [-0.2, 0) is 6.42 Å². The Hall–Kier alpha value is -2.00. The quantitative estimate of drug-likeness (QED) is 0.811. The molecule has 0 heterocycles. The average Bonchev–Trinajstić information content (AvgIpc) is 3.30. The molecule has 0 radical (unpaired) electrons. The Balaban J connectivity index is 1.73. The van der Waals surface area contributed by atoms with Crippen LogP contribution in [0.4, 0.5) is 4.79 Å². The first-order chi connectivity index (χ1) is 11.1. The van der Waals surface area contributed by atoms with Crippen molar-refractivity contribution in [1.82, 2.24) is 5.32 Å². The van der Waals surface area contributed by atoms with Crippen LogP contribution in [0, 0.1) is 5.41 Å². The molecule has 2 N–H and O–H groups in total. The highest BCUT2D eigenvalue weighted by atomic mass is 35.5. The fourth-order valence-electron chi connectivity index (χ4n) is 3.86. The predicted octanol–water partition coefficient (Wildman–Crippen LogP) is 5.04.